The van der Waals surface area contributed by atoms with Crippen molar-refractivity contribution >= 4 is 28.9 Å². The highest BCUT2D eigenvalue weighted by molar-refractivity contribution is 6.43. The van der Waals surface area contributed by atoms with Gasteiger partial charge in [-0.1, -0.05) is 0 Å². The molecular weight excluding hydrogens is 334 g/mol. The molecule has 3 rings (SSSR count). The number of hydrogen-bond acceptors (Lipinski definition) is 5. The molecule has 136 valence electrons. The van der Waals surface area contributed by atoms with E-state index in [0.29, 0.717) is 22.9 Å². The molecule has 2 aromatic rings. The molecule has 0 unspecified atom stereocenters. The molecule has 2 aromatic carbocycles. The van der Waals surface area contributed by atoms with Gasteiger partial charge in [0.1, 0.15) is 0 Å². The summed E-state index contributed by atoms with van der Waals surface area (Å²) in [5.74, 6) is -0.342. The molecule has 0 spiro atoms. The summed E-state index contributed by atoms with van der Waals surface area (Å²) >= 11 is 0. The molecule has 7 heteroatoms. The van der Waals surface area contributed by atoms with Gasteiger partial charge in [0.15, 0.2) is 11.5 Å². The molecule has 0 bridgehead atoms. The fourth-order valence-electron chi connectivity index (χ4n) is 2.69. The lowest BCUT2D eigenvalue weighted by atomic mass is 10.2. The van der Waals surface area contributed by atoms with Gasteiger partial charge in [-0.3, -0.25) is 9.59 Å². The summed E-state index contributed by atoms with van der Waals surface area (Å²) in [6, 6.07) is 12.3. The van der Waals surface area contributed by atoms with Crippen molar-refractivity contribution in [1.29, 1.82) is 0 Å². The Kier molecular flexibility index (Phi) is 5.26. The van der Waals surface area contributed by atoms with Gasteiger partial charge in [0.05, 0.1) is 0 Å². The van der Waals surface area contributed by atoms with Crippen molar-refractivity contribution in [2.45, 2.75) is 13.8 Å². The molecule has 0 atom stereocenters. The predicted molar refractivity (Wildman–Crippen MR) is 99.8 cm³/mol. The van der Waals surface area contributed by atoms with Crippen LogP contribution in [0.1, 0.15) is 13.8 Å². The van der Waals surface area contributed by atoms with Gasteiger partial charge in [0.2, 0.25) is 6.79 Å². The number of nitrogens with one attached hydrogen (secondary N) is 2. The first kappa shape index (κ1) is 17.6. The van der Waals surface area contributed by atoms with Gasteiger partial charge in [-0.15, -0.1) is 0 Å². The normalized spacial score (nSPS) is 11.8. The third-order valence-electron chi connectivity index (χ3n) is 4.09. The summed E-state index contributed by atoms with van der Waals surface area (Å²) < 4.78 is 10.5. The fraction of sp³-hybridized carbons (Fsp3) is 0.263. The van der Waals surface area contributed by atoms with Crippen molar-refractivity contribution in [1.82, 2.24) is 0 Å². The fourth-order valence-corrected chi connectivity index (χ4v) is 2.69. The van der Waals surface area contributed by atoms with Crippen LogP contribution in [0.5, 0.6) is 11.5 Å². The third-order valence-corrected chi connectivity index (χ3v) is 4.09. The van der Waals surface area contributed by atoms with Crippen molar-refractivity contribution < 1.29 is 19.1 Å². The lowest BCUT2D eigenvalue weighted by molar-refractivity contribution is -0.132. The number of ether oxygens (including phenoxy) is 2. The standard InChI is InChI=1S/C19H21N3O4/c1-3-22(4-2)15-8-5-13(6-9-15)20-18(23)19(24)21-14-7-10-16-17(11-14)26-12-25-16/h5-11H,3-4,12H2,1-2H3,(H,20,23)(H,21,24). The van der Waals surface area contributed by atoms with Gasteiger partial charge >= 0.3 is 11.8 Å². The van der Waals surface area contributed by atoms with Crippen molar-refractivity contribution in [2.75, 3.05) is 35.4 Å². The Balaban J connectivity index is 1.59. The maximum Gasteiger partial charge on any atom is 0.314 e. The molecule has 2 amide bonds. The molecule has 0 saturated heterocycles. The summed E-state index contributed by atoms with van der Waals surface area (Å²) in [7, 11) is 0. The van der Waals surface area contributed by atoms with Crippen LogP contribution >= 0.6 is 0 Å². The van der Waals surface area contributed by atoms with Crippen LogP contribution in [0.3, 0.4) is 0 Å². The number of benzene rings is 2. The lowest BCUT2D eigenvalue weighted by Crippen LogP contribution is -2.29. The van der Waals surface area contributed by atoms with Crippen LogP contribution in [0, 0.1) is 0 Å². The average Bonchev–Trinajstić information content (AvgIpc) is 3.12. The maximum absolute atomic E-state index is 12.1. The first-order valence-electron chi connectivity index (χ1n) is 8.47. The van der Waals surface area contributed by atoms with Crippen molar-refractivity contribution in [3.05, 3.63) is 42.5 Å². The summed E-state index contributed by atoms with van der Waals surface area (Å²) in [6.45, 7) is 6.12. The molecule has 0 fully saturated rings. The first-order valence-corrected chi connectivity index (χ1v) is 8.47. The van der Waals surface area contributed by atoms with E-state index in [0.717, 1.165) is 18.8 Å². The minimum absolute atomic E-state index is 0.150. The third kappa shape index (κ3) is 3.88. The van der Waals surface area contributed by atoms with Gasteiger partial charge in [-0.05, 0) is 50.2 Å². The zero-order valence-electron chi connectivity index (χ0n) is 14.7. The molecule has 0 aliphatic carbocycles. The van der Waals surface area contributed by atoms with Crippen molar-refractivity contribution in [3.63, 3.8) is 0 Å². The Morgan fingerprint density at radius 3 is 2.12 bits per heavy atom. The van der Waals surface area contributed by atoms with Crippen LogP contribution in [0.4, 0.5) is 17.1 Å². The van der Waals surface area contributed by atoms with E-state index in [9.17, 15) is 9.59 Å². The smallest absolute Gasteiger partial charge is 0.314 e. The van der Waals surface area contributed by atoms with Gasteiger partial charge < -0.3 is 25.0 Å². The number of anilines is 3. The number of nitrogens with zero attached hydrogens (tertiary/aromatic N) is 1. The topological polar surface area (TPSA) is 79.9 Å². The summed E-state index contributed by atoms with van der Waals surface area (Å²) in [6.07, 6.45) is 0. The molecule has 0 saturated carbocycles. The number of carbonyl (C=O) groups excluding carboxylic acids is 2. The predicted octanol–water partition coefficient (Wildman–Crippen LogP) is 2.84. The maximum atomic E-state index is 12.1. The van der Waals surface area contributed by atoms with E-state index in [2.05, 4.69) is 29.4 Å². The van der Waals surface area contributed by atoms with Crippen molar-refractivity contribution in [2.24, 2.45) is 0 Å². The Bertz CT molecular complexity index is 801. The molecular formula is C19H21N3O4. The Morgan fingerprint density at radius 2 is 1.46 bits per heavy atom. The van der Waals surface area contributed by atoms with Crippen LogP contribution in [-0.2, 0) is 9.59 Å². The van der Waals surface area contributed by atoms with Crippen LogP contribution in [0.2, 0.25) is 0 Å². The van der Waals surface area contributed by atoms with Crippen molar-refractivity contribution in [3.8, 4) is 11.5 Å². The molecule has 0 aromatic heterocycles. The highest BCUT2D eigenvalue weighted by Gasteiger charge is 2.17. The number of fused-ring (bicyclic) bond motifs is 1. The number of carbonyl (C=O) groups is 2. The second kappa shape index (κ2) is 7.77. The van der Waals surface area contributed by atoms with Crippen LogP contribution in [0.15, 0.2) is 42.5 Å². The second-order valence-electron chi connectivity index (χ2n) is 5.70. The van der Waals surface area contributed by atoms with E-state index in [1.165, 1.54) is 0 Å². The summed E-state index contributed by atoms with van der Waals surface area (Å²) in [4.78, 5) is 26.4. The Morgan fingerprint density at radius 1 is 0.885 bits per heavy atom. The Labute approximate surface area is 151 Å². The minimum atomic E-state index is -0.753. The molecule has 0 radical (unpaired) electrons. The SMILES string of the molecule is CCN(CC)c1ccc(NC(=O)C(=O)Nc2ccc3c(c2)OCO3)cc1. The van der Waals surface area contributed by atoms with E-state index < -0.39 is 11.8 Å². The Hall–Kier alpha value is -3.22. The molecule has 2 N–H and O–H groups in total. The largest absolute Gasteiger partial charge is 0.454 e. The minimum Gasteiger partial charge on any atom is -0.454 e. The van der Waals surface area contributed by atoms with E-state index in [-0.39, 0.29) is 6.79 Å². The second-order valence-corrected chi connectivity index (χ2v) is 5.70. The zero-order valence-corrected chi connectivity index (χ0v) is 14.7. The van der Waals surface area contributed by atoms with Crippen LogP contribution in [-0.4, -0.2) is 31.7 Å². The molecule has 1 heterocycles. The van der Waals surface area contributed by atoms with E-state index in [4.69, 9.17) is 9.47 Å². The van der Waals surface area contributed by atoms with Gasteiger partial charge in [-0.2, -0.15) is 0 Å². The number of rotatable bonds is 5. The van der Waals surface area contributed by atoms with Gasteiger partial charge in [0, 0.05) is 36.2 Å². The lowest BCUT2D eigenvalue weighted by Gasteiger charge is -2.21. The quantitative estimate of drug-likeness (QED) is 0.806. The highest BCUT2D eigenvalue weighted by atomic mass is 16.7. The zero-order chi connectivity index (χ0) is 18.5. The van der Waals surface area contributed by atoms with Crippen LogP contribution < -0.4 is 25.0 Å². The number of amides is 2. The molecule has 7 nitrogen and oxygen atoms in total. The van der Waals surface area contributed by atoms with E-state index in [1.54, 1.807) is 30.3 Å². The monoisotopic (exact) mass is 355 g/mol. The molecule has 1 aliphatic rings. The summed E-state index contributed by atoms with van der Waals surface area (Å²) in [5, 5.41) is 5.14. The molecule has 1 aliphatic heterocycles. The van der Waals surface area contributed by atoms with Gasteiger partial charge in [0.25, 0.3) is 0 Å². The highest BCUT2D eigenvalue weighted by Crippen LogP contribution is 2.34. The van der Waals surface area contributed by atoms with Gasteiger partial charge in [-0.25, -0.2) is 0 Å². The van der Waals surface area contributed by atoms with E-state index >= 15 is 0 Å². The average molecular weight is 355 g/mol. The number of hydrogen-bond donors (Lipinski definition) is 2. The molecule has 26 heavy (non-hydrogen) atoms. The summed E-state index contributed by atoms with van der Waals surface area (Å²) in [5.41, 5.74) is 2.09. The van der Waals surface area contributed by atoms with Crippen LogP contribution in [0.25, 0.3) is 0 Å². The van der Waals surface area contributed by atoms with E-state index in [1.807, 2.05) is 12.1 Å². The first-order chi connectivity index (χ1) is 12.6.